The zero-order valence-electron chi connectivity index (χ0n) is 31.1. The quantitative estimate of drug-likeness (QED) is 0.179. The summed E-state index contributed by atoms with van der Waals surface area (Å²) < 4.78 is 13.5. The molecule has 1 aliphatic rings. The highest BCUT2D eigenvalue weighted by atomic mass is 16.5. The summed E-state index contributed by atoms with van der Waals surface area (Å²) in [5.41, 5.74) is 13.8. The van der Waals surface area contributed by atoms with Gasteiger partial charge in [-0.3, -0.25) is 9.97 Å². The number of aromatic nitrogens is 4. The van der Waals surface area contributed by atoms with E-state index in [0.29, 0.717) is 5.82 Å². The second-order valence-corrected chi connectivity index (χ2v) is 14.3. The van der Waals surface area contributed by atoms with Gasteiger partial charge in [-0.15, -0.1) is 0 Å². The predicted molar refractivity (Wildman–Crippen MR) is 233 cm³/mol. The third kappa shape index (κ3) is 6.01. The van der Waals surface area contributed by atoms with E-state index >= 15 is 0 Å². The third-order valence-electron chi connectivity index (χ3n) is 10.7. The van der Waals surface area contributed by atoms with Gasteiger partial charge in [-0.05, 0) is 82.9 Å². The number of pyridine rings is 2. The van der Waals surface area contributed by atoms with Crippen LogP contribution in [0.4, 0.5) is 0 Å². The number of hydrogen-bond donors (Lipinski definition) is 0. The summed E-state index contributed by atoms with van der Waals surface area (Å²) in [6.45, 7) is 0. The third-order valence-corrected chi connectivity index (χ3v) is 10.7. The lowest BCUT2D eigenvalue weighted by Crippen LogP contribution is -1.97. The van der Waals surface area contributed by atoms with Crippen molar-refractivity contribution < 1.29 is 9.15 Å². The Hall–Kier alpha value is -7.96. The van der Waals surface area contributed by atoms with Crippen LogP contribution in [0, 0.1) is 0 Å². The van der Waals surface area contributed by atoms with Crippen molar-refractivity contribution in [2.45, 2.75) is 0 Å². The van der Waals surface area contributed by atoms with E-state index in [2.05, 4.69) is 108 Å². The molecule has 0 bridgehead atoms. The largest absolute Gasteiger partial charge is 0.456 e. The fourth-order valence-corrected chi connectivity index (χ4v) is 7.80. The molecule has 0 spiro atoms. The van der Waals surface area contributed by atoms with Crippen LogP contribution in [0.1, 0.15) is 11.1 Å². The van der Waals surface area contributed by atoms with Gasteiger partial charge in [0, 0.05) is 62.7 Å². The lowest BCUT2D eigenvalue weighted by Gasteiger charge is -2.17. The van der Waals surface area contributed by atoms with Gasteiger partial charge in [0.15, 0.2) is 5.82 Å². The lowest BCUT2D eigenvalue weighted by molar-refractivity contribution is 0.487. The van der Waals surface area contributed by atoms with Gasteiger partial charge < -0.3 is 9.15 Å². The smallest absolute Gasteiger partial charge is 0.161 e. The van der Waals surface area contributed by atoms with E-state index in [4.69, 9.17) is 24.1 Å². The van der Waals surface area contributed by atoms with Gasteiger partial charge in [0.05, 0.1) is 17.1 Å². The van der Waals surface area contributed by atoms with E-state index in [9.17, 15) is 0 Å². The Morgan fingerprint density at radius 1 is 0.397 bits per heavy atom. The van der Waals surface area contributed by atoms with E-state index in [0.717, 1.165) is 106 Å². The summed E-state index contributed by atoms with van der Waals surface area (Å²) in [6.07, 6.45) is 9.78. The molecule has 1 aliphatic heterocycles. The molecular weight excluding hydrogens is 713 g/mol. The van der Waals surface area contributed by atoms with Gasteiger partial charge >= 0.3 is 0 Å². The fraction of sp³-hybridized carbons (Fsp3) is 0. The van der Waals surface area contributed by atoms with E-state index in [-0.39, 0.29) is 0 Å². The van der Waals surface area contributed by atoms with E-state index in [1.807, 2.05) is 85.2 Å². The highest BCUT2D eigenvalue weighted by Gasteiger charge is 2.21. The molecule has 11 rings (SSSR count). The Bertz CT molecular complexity index is 3190. The minimum Gasteiger partial charge on any atom is -0.456 e. The molecule has 0 saturated heterocycles. The van der Waals surface area contributed by atoms with Crippen molar-refractivity contribution in [3.63, 3.8) is 0 Å². The Kier molecular flexibility index (Phi) is 8.04. The number of benzene rings is 6. The Morgan fingerprint density at radius 2 is 1.14 bits per heavy atom. The van der Waals surface area contributed by atoms with Crippen molar-refractivity contribution in [3.05, 3.63) is 194 Å². The Balaban J connectivity index is 1.13. The summed E-state index contributed by atoms with van der Waals surface area (Å²) in [6, 6.07) is 55.7. The van der Waals surface area contributed by atoms with Crippen LogP contribution in [0.2, 0.25) is 0 Å². The molecule has 10 aromatic rings. The molecule has 272 valence electrons. The van der Waals surface area contributed by atoms with Crippen molar-refractivity contribution >= 4 is 34.1 Å². The van der Waals surface area contributed by atoms with E-state index in [1.165, 1.54) is 0 Å². The van der Waals surface area contributed by atoms with Crippen molar-refractivity contribution in [2.24, 2.45) is 0 Å². The molecule has 6 nitrogen and oxygen atoms in total. The molecule has 0 fully saturated rings. The van der Waals surface area contributed by atoms with Crippen molar-refractivity contribution in [3.8, 4) is 78.9 Å². The Morgan fingerprint density at radius 3 is 1.98 bits per heavy atom. The summed E-state index contributed by atoms with van der Waals surface area (Å²) in [4.78, 5) is 19.3. The average molecular weight is 745 g/mol. The first kappa shape index (κ1) is 33.4. The van der Waals surface area contributed by atoms with Crippen LogP contribution in [-0.4, -0.2) is 19.9 Å². The number of rotatable bonds is 4. The maximum absolute atomic E-state index is 7.05. The van der Waals surface area contributed by atoms with Crippen LogP contribution in [0.25, 0.3) is 102 Å². The average Bonchev–Trinajstić information content (AvgIpc) is 3.65. The van der Waals surface area contributed by atoms with Gasteiger partial charge in [-0.2, -0.15) is 0 Å². The van der Waals surface area contributed by atoms with Crippen LogP contribution >= 0.6 is 0 Å². The van der Waals surface area contributed by atoms with Crippen molar-refractivity contribution in [1.82, 2.24) is 19.9 Å². The number of nitrogens with zero attached hydrogens (tertiary/aromatic N) is 4. The normalized spacial score (nSPS) is 11.9. The molecule has 0 atom stereocenters. The number of para-hydroxylation sites is 2. The van der Waals surface area contributed by atoms with Crippen LogP contribution < -0.4 is 4.74 Å². The fourth-order valence-electron chi connectivity index (χ4n) is 7.80. The molecule has 6 heteroatoms. The van der Waals surface area contributed by atoms with Gasteiger partial charge in [0.2, 0.25) is 0 Å². The molecule has 58 heavy (non-hydrogen) atoms. The van der Waals surface area contributed by atoms with Gasteiger partial charge in [0.1, 0.15) is 22.7 Å². The number of ether oxygens (including phenoxy) is 1. The monoisotopic (exact) mass is 744 g/mol. The number of hydrogen-bond acceptors (Lipinski definition) is 6. The second kappa shape index (κ2) is 14.0. The standard InChI is InChI=1S/C52H32N4O2/c1-2-12-35(13-3-1)46-30-47(56-52(55-46)38-24-25-45(54-32-38)37-14-10-26-53-31-37)36-23-22-34-21-20-33-11-4-5-15-39(33)40-16-6-8-18-48(40)57-51-28-43-41-17-7-9-19-49(41)58-50(43)29-44(51)42(34)27-36/h1-32H. The molecule has 0 aliphatic carbocycles. The van der Waals surface area contributed by atoms with Crippen molar-refractivity contribution in [2.75, 3.05) is 0 Å². The SMILES string of the molecule is C1=Cc2ccc(-c3cc(-c4ccccc4)nc(-c4ccc(-c5cccnc5)nc4)n3)cc2-c2cc3oc4ccccc4c3cc2Oc2ccccc2-c2ccccc21. The van der Waals surface area contributed by atoms with Crippen LogP contribution in [0.15, 0.2) is 187 Å². The Labute approximate surface area is 334 Å². The molecule has 0 N–H and O–H groups in total. The maximum Gasteiger partial charge on any atom is 0.161 e. The second-order valence-electron chi connectivity index (χ2n) is 14.3. The molecule has 5 heterocycles. The van der Waals surface area contributed by atoms with Gasteiger partial charge in [0.25, 0.3) is 0 Å². The molecule has 0 radical (unpaired) electrons. The minimum atomic E-state index is 0.582. The predicted octanol–water partition coefficient (Wildman–Crippen LogP) is 13.4. The number of furan rings is 1. The van der Waals surface area contributed by atoms with Crippen LogP contribution in [0.5, 0.6) is 11.5 Å². The summed E-state index contributed by atoms with van der Waals surface area (Å²) in [7, 11) is 0. The minimum absolute atomic E-state index is 0.582. The molecular formula is C52H32N4O2. The molecule has 0 unspecified atom stereocenters. The zero-order chi connectivity index (χ0) is 38.4. The first-order valence-corrected chi connectivity index (χ1v) is 19.2. The van der Waals surface area contributed by atoms with E-state index < -0.39 is 0 Å². The van der Waals surface area contributed by atoms with E-state index in [1.54, 1.807) is 6.20 Å². The topological polar surface area (TPSA) is 73.9 Å². The molecule has 6 aromatic carbocycles. The highest BCUT2D eigenvalue weighted by molar-refractivity contribution is 6.07. The summed E-state index contributed by atoms with van der Waals surface area (Å²) in [5.74, 6) is 2.08. The molecule has 0 amide bonds. The molecule has 4 aromatic heterocycles. The summed E-state index contributed by atoms with van der Waals surface area (Å²) in [5, 5.41) is 2.03. The van der Waals surface area contributed by atoms with Crippen molar-refractivity contribution in [1.29, 1.82) is 0 Å². The van der Waals surface area contributed by atoms with Gasteiger partial charge in [-0.25, -0.2) is 9.97 Å². The first-order chi connectivity index (χ1) is 28.7. The molecule has 0 saturated carbocycles. The maximum atomic E-state index is 7.05. The first-order valence-electron chi connectivity index (χ1n) is 19.2. The summed E-state index contributed by atoms with van der Waals surface area (Å²) >= 11 is 0. The lowest BCUT2D eigenvalue weighted by atomic mass is 9.93. The number of fused-ring (bicyclic) bond motifs is 9. The zero-order valence-corrected chi connectivity index (χ0v) is 31.1. The van der Waals surface area contributed by atoms with Crippen LogP contribution in [0.3, 0.4) is 0 Å². The van der Waals surface area contributed by atoms with Gasteiger partial charge in [-0.1, -0.05) is 115 Å². The van der Waals surface area contributed by atoms with Crippen LogP contribution in [-0.2, 0) is 0 Å². The highest BCUT2D eigenvalue weighted by Crippen LogP contribution is 2.46.